The van der Waals surface area contributed by atoms with Crippen LogP contribution in [-0.2, 0) is 78.4 Å². The van der Waals surface area contributed by atoms with Gasteiger partial charge in [-0.1, -0.05) is 273 Å². The molecule has 0 saturated carbocycles. The molecule has 0 bridgehead atoms. The van der Waals surface area contributed by atoms with E-state index in [1.807, 2.05) is 238 Å². The third-order valence-electron chi connectivity index (χ3n) is 21.6. The van der Waals surface area contributed by atoms with Gasteiger partial charge in [0.1, 0.15) is 113 Å². The van der Waals surface area contributed by atoms with Gasteiger partial charge in [0.05, 0.1) is 49.7 Å². The first-order valence-electron chi connectivity index (χ1n) is 37.8. The zero-order valence-corrected chi connectivity index (χ0v) is 64.4. The second kappa shape index (κ2) is 33.5. The summed E-state index contributed by atoms with van der Waals surface area (Å²) in [6, 6.07) is 99.7. The molecule has 0 aliphatic carbocycles. The second-order valence-corrected chi connectivity index (χ2v) is 30.4. The van der Waals surface area contributed by atoms with Crippen LogP contribution in [0.4, 0.5) is 0 Å². The first-order valence-corrected chi connectivity index (χ1v) is 37.8. The summed E-state index contributed by atoms with van der Waals surface area (Å²) in [4.78, 5) is 0. The molecule has 6 aliphatic rings. The largest absolute Gasteiger partial charge is 0.514 e. The van der Waals surface area contributed by atoms with Gasteiger partial charge in [-0.25, -0.2) is 0 Å². The molecule has 0 amide bonds. The third kappa shape index (κ3) is 15.6. The molecule has 12 atom stereocenters. The van der Waals surface area contributed by atoms with Crippen molar-refractivity contribution in [1.29, 1.82) is 21.0 Å². The SMILES string of the molecule is CC1(C)O[C@@H]2C(COC(c3ccccc3)(c3ccccc3)c3ccccc3)OC(C(C#N)=CO)[C@]2(C)O1.CC1(C)O[C@@H]2C(COC(c3ccccc3)(c3ccccc3)c3ccccc3)OC(C(C#N)=COCC#N)[C@]2(C)O1.CC1(C)O[C@@H]2C(COC(c3ccccc3)(c3ccccc3)c3ccccc3)OC(CC#N)[C@]2(C)O1. The Balaban J connectivity index is 0.000000147. The fourth-order valence-electron chi connectivity index (χ4n) is 17.1. The lowest BCUT2D eigenvalue weighted by molar-refractivity contribution is -0.208. The van der Waals surface area contributed by atoms with Crippen molar-refractivity contribution >= 4 is 0 Å². The molecule has 0 radical (unpaired) electrons. The summed E-state index contributed by atoms with van der Waals surface area (Å²) < 4.78 is 83.3. The number of aliphatic hydroxyl groups excluding tert-OH is 1. The molecular formula is C94H94N4O14. The van der Waals surface area contributed by atoms with Gasteiger partial charge in [0.2, 0.25) is 0 Å². The number of nitrogens with zero attached hydrogens (tertiary/aromatic N) is 4. The molecule has 112 heavy (non-hydrogen) atoms. The third-order valence-corrected chi connectivity index (χ3v) is 21.6. The Morgan fingerprint density at radius 2 is 0.607 bits per heavy atom. The molecule has 0 aromatic heterocycles. The van der Waals surface area contributed by atoms with Gasteiger partial charge in [0, 0.05) is 0 Å². The summed E-state index contributed by atoms with van der Waals surface area (Å²) in [7, 11) is 0. The molecule has 0 spiro atoms. The fourth-order valence-corrected chi connectivity index (χ4v) is 17.1. The van der Waals surface area contributed by atoms with Crippen molar-refractivity contribution in [2.45, 2.75) is 175 Å². The van der Waals surface area contributed by atoms with Crippen molar-refractivity contribution < 1.29 is 66.7 Å². The minimum Gasteiger partial charge on any atom is -0.514 e. The van der Waals surface area contributed by atoms with Gasteiger partial charge in [-0.05, 0) is 112 Å². The van der Waals surface area contributed by atoms with E-state index in [4.69, 9.17) is 66.8 Å². The highest BCUT2D eigenvalue weighted by molar-refractivity contribution is 5.51. The average Bonchev–Trinajstić information content (AvgIpc) is 1.53. The van der Waals surface area contributed by atoms with Crippen molar-refractivity contribution in [3.63, 3.8) is 0 Å². The van der Waals surface area contributed by atoms with Crippen LogP contribution in [0.2, 0.25) is 0 Å². The molecule has 18 nitrogen and oxygen atoms in total. The number of rotatable bonds is 23. The van der Waals surface area contributed by atoms with Crippen LogP contribution in [0, 0.1) is 45.3 Å². The van der Waals surface area contributed by atoms with Crippen molar-refractivity contribution in [3.05, 3.63) is 347 Å². The fraction of sp³-hybridized carbons (Fsp3) is 0.340. The van der Waals surface area contributed by atoms with E-state index in [9.17, 15) is 20.9 Å². The quantitative estimate of drug-likeness (QED) is 0.0271. The number of hydrogen-bond acceptors (Lipinski definition) is 18. The van der Waals surface area contributed by atoms with Crippen LogP contribution in [-0.4, -0.2) is 121 Å². The Kier molecular flexibility index (Phi) is 23.8. The maximum Gasteiger partial charge on any atom is 0.173 e. The van der Waals surface area contributed by atoms with E-state index >= 15 is 0 Å². The maximum atomic E-state index is 9.95. The summed E-state index contributed by atoms with van der Waals surface area (Å²) >= 11 is 0. The van der Waals surface area contributed by atoms with Crippen LogP contribution >= 0.6 is 0 Å². The number of benzene rings is 9. The Morgan fingerprint density at radius 1 is 0.357 bits per heavy atom. The summed E-state index contributed by atoms with van der Waals surface area (Å²) in [6.45, 7) is 17.3. The Labute approximate surface area is 656 Å². The van der Waals surface area contributed by atoms with Gasteiger partial charge in [-0.15, -0.1) is 0 Å². The van der Waals surface area contributed by atoms with Crippen LogP contribution < -0.4 is 0 Å². The number of nitriles is 4. The first kappa shape index (κ1) is 79.6. The van der Waals surface area contributed by atoms with Crippen LogP contribution in [0.15, 0.2) is 297 Å². The van der Waals surface area contributed by atoms with Gasteiger partial charge in [0.25, 0.3) is 0 Å². The van der Waals surface area contributed by atoms with Gasteiger partial charge in [0.15, 0.2) is 24.0 Å². The predicted octanol–water partition coefficient (Wildman–Crippen LogP) is 16.8. The minimum absolute atomic E-state index is 0.0803. The Morgan fingerprint density at radius 3 is 0.857 bits per heavy atom. The van der Waals surface area contributed by atoms with Crippen LogP contribution in [0.3, 0.4) is 0 Å². The monoisotopic (exact) mass is 1500 g/mol. The molecule has 6 unspecified atom stereocenters. The van der Waals surface area contributed by atoms with E-state index in [0.717, 1.165) is 56.3 Å². The lowest BCUT2D eigenvalue weighted by Crippen LogP contribution is -2.45. The average molecular weight is 1500 g/mol. The summed E-state index contributed by atoms with van der Waals surface area (Å²) in [5.74, 6) is -2.54. The molecule has 6 heterocycles. The highest BCUT2D eigenvalue weighted by Gasteiger charge is 2.67. The standard InChI is InChI=1S/C33H32N2O5.C31H31NO5.C30H31NO4/c1-31(2)39-30-28(38-29(32(30,3)40-31)24(21-35)22-36-20-19-34)23-37-33(25-13-7-4-8-14-25,26-15-9-5-10-16-26)27-17-11-6-12-18-27;1-29(2)36-28-26(35-27(22(19-32)20-33)30(28,3)37-29)21-34-31(23-13-7-4-8-14-23,24-15-9-5-10-16-24)25-17-11-6-12-18-25;1-28(2)34-27-25(33-26(19-20-31)29(27,3)35-28)21-32-30(22-13-7-4-8-14-22,23-15-9-5-10-16-23)24-17-11-6-12-18-24/h4-18,22,28-30H,20,23H2,1-3H3;4-18,20,26-28,33H,21H2,1-3H3;4-18,25-27H,19,21H2,1-3H3/t28?,29?,30-,32+;26?,27?,28-,30+;25?,26?,27-,29+/m111/s1. The minimum atomic E-state index is -0.982. The molecule has 574 valence electrons. The van der Waals surface area contributed by atoms with Crippen molar-refractivity contribution in [3.8, 4) is 24.3 Å². The van der Waals surface area contributed by atoms with E-state index in [0.29, 0.717) is 0 Å². The lowest BCUT2D eigenvalue weighted by atomic mass is 9.80. The van der Waals surface area contributed by atoms with Gasteiger partial charge >= 0.3 is 0 Å². The molecule has 6 fully saturated rings. The molecule has 9 aromatic rings. The highest BCUT2D eigenvalue weighted by Crippen LogP contribution is 2.54. The zero-order chi connectivity index (χ0) is 78.8. The van der Waals surface area contributed by atoms with Gasteiger partial charge in [-0.2, -0.15) is 21.0 Å². The number of fused-ring (bicyclic) bond motifs is 3. The summed E-state index contributed by atoms with van der Waals surface area (Å²) in [6.07, 6.45) is -2.61. The Bertz CT molecular complexity index is 4560. The van der Waals surface area contributed by atoms with E-state index < -0.39 is 99.8 Å². The van der Waals surface area contributed by atoms with Crippen LogP contribution in [0.25, 0.3) is 0 Å². The number of hydrogen-bond donors (Lipinski definition) is 1. The van der Waals surface area contributed by atoms with E-state index in [1.165, 1.54) is 6.26 Å². The molecule has 18 heteroatoms. The van der Waals surface area contributed by atoms with Crippen molar-refractivity contribution in [1.82, 2.24) is 0 Å². The molecule has 6 aliphatic heterocycles. The van der Waals surface area contributed by atoms with Gasteiger partial charge in [-0.3, -0.25) is 0 Å². The zero-order valence-electron chi connectivity index (χ0n) is 64.4. The van der Waals surface area contributed by atoms with E-state index in [-0.39, 0.29) is 50.1 Å². The molecule has 9 aromatic carbocycles. The Hall–Kier alpha value is -10.5. The van der Waals surface area contributed by atoms with Crippen LogP contribution in [0.1, 0.15) is 119 Å². The summed E-state index contributed by atoms with van der Waals surface area (Å²) in [5, 5.41) is 47.7. The smallest absolute Gasteiger partial charge is 0.173 e. The first-order chi connectivity index (χ1) is 54.1. The van der Waals surface area contributed by atoms with E-state index in [1.54, 1.807) is 0 Å². The number of ether oxygens (including phenoxy) is 13. The summed E-state index contributed by atoms with van der Waals surface area (Å²) in [5.41, 5.74) is 3.79. The van der Waals surface area contributed by atoms with E-state index in [2.05, 4.69) is 121 Å². The molecular weight excluding hydrogens is 1410 g/mol. The topological polar surface area (TPSA) is 235 Å². The van der Waals surface area contributed by atoms with Gasteiger partial charge < -0.3 is 66.7 Å². The van der Waals surface area contributed by atoms with Crippen LogP contribution in [0.5, 0.6) is 0 Å². The highest BCUT2D eigenvalue weighted by atomic mass is 16.8. The maximum absolute atomic E-state index is 9.95. The lowest BCUT2D eigenvalue weighted by Gasteiger charge is -2.37. The predicted molar refractivity (Wildman–Crippen MR) is 419 cm³/mol. The molecule has 15 rings (SSSR count). The second-order valence-electron chi connectivity index (χ2n) is 30.4. The van der Waals surface area contributed by atoms with Crippen molar-refractivity contribution in [2.75, 3.05) is 26.4 Å². The molecule has 1 N–H and O–H groups in total. The molecule has 6 saturated heterocycles. The van der Waals surface area contributed by atoms with Crippen molar-refractivity contribution in [2.24, 2.45) is 0 Å². The number of aliphatic hydroxyl groups is 1. The normalized spacial score (nSPS) is 26.6.